The molecule has 0 amide bonds. The van der Waals surface area contributed by atoms with E-state index in [2.05, 4.69) is 9.97 Å². The Hall–Kier alpha value is -15.2. The summed E-state index contributed by atoms with van der Waals surface area (Å²) >= 11 is 0. The zero-order chi connectivity index (χ0) is 101. The Morgan fingerprint density at radius 2 is 0.386 bits per heavy atom. The average Bonchev–Trinajstić information content (AvgIpc) is 1.66. The minimum Gasteiger partial charge on any atom is -0.463 e. The van der Waals surface area contributed by atoms with E-state index in [1.165, 1.54) is 0 Å². The molecule has 4 fully saturated rings. The standard InChI is InChI=1S/C100H102N4O36/c1-45(105)121-41-77-89(125-49(5)109)97(133-57(13)117)93(129-53(9)113)85(137-77)65-29-21-17-25-61(65)81-69-33-35-71(101-69)82(62-26-18-22-30-66(62)86-94(130-54(10)114)98(134-58(14)118)90(126-50(6)110)78(138-86)42-122-46(2)106)73-37-39-75(103-73)84(64-28-20-24-32-68(64)88-96(132-56(12)116)100(136-60(16)120)92(128-52(8)112)80(140-88)44-124-48(4)108)76-40-38-74(104-76)83(72-36-34-70(81)102-72)63-27-19-23-31-67(63)87-95(131-55(11)115)99(135-59(15)119)91(127-51(7)111)79(139-87)43-123-47(3)107/h17-40,77-80,85-101,104H,41-44H2,1-16H3. The van der Waals surface area contributed by atoms with Crippen LogP contribution in [0.25, 0.3) is 90.9 Å². The monoisotopic (exact) mass is 1930 g/mol. The number of benzene rings is 4. The first-order valence-corrected chi connectivity index (χ1v) is 44.4. The third kappa shape index (κ3) is 23.8. The van der Waals surface area contributed by atoms with E-state index < -0.39 is 244 Å². The van der Waals surface area contributed by atoms with Gasteiger partial charge in [-0.2, -0.15) is 0 Å². The molecule has 13 rings (SSSR count). The number of nitrogens with zero attached hydrogens (tertiary/aromatic N) is 2. The van der Waals surface area contributed by atoms with Crippen LogP contribution in [0.15, 0.2) is 121 Å². The average molecular weight is 1940 g/mol. The highest BCUT2D eigenvalue weighted by atomic mass is 16.7. The summed E-state index contributed by atoms with van der Waals surface area (Å²) in [7, 11) is 0. The second kappa shape index (κ2) is 44.5. The highest BCUT2D eigenvalue weighted by molar-refractivity contribution is 6.02. The molecule has 40 heteroatoms. The molecule has 3 aromatic heterocycles. The molecule has 40 nitrogen and oxygen atoms in total. The normalized spacial score (nSPS) is 24.4. The van der Waals surface area contributed by atoms with E-state index in [9.17, 15) is 76.7 Å². The van der Waals surface area contributed by atoms with Crippen LogP contribution in [0.3, 0.4) is 0 Å². The molecule has 4 saturated heterocycles. The molecule has 4 aromatic carbocycles. The summed E-state index contributed by atoms with van der Waals surface area (Å²) in [6, 6.07) is 32.9. The molecule has 7 aromatic rings. The van der Waals surface area contributed by atoms with Crippen LogP contribution >= 0.6 is 0 Å². The summed E-state index contributed by atoms with van der Waals surface area (Å²) < 4.78 is 122. The van der Waals surface area contributed by atoms with Crippen LogP contribution in [-0.2, 0) is 171 Å². The van der Waals surface area contributed by atoms with Crippen molar-refractivity contribution in [2.45, 2.75) is 233 Å². The molecule has 0 spiro atoms. The Labute approximate surface area is 799 Å². The Balaban J connectivity index is 1.22. The van der Waals surface area contributed by atoms with Crippen LogP contribution in [0.2, 0.25) is 0 Å². The van der Waals surface area contributed by atoms with Gasteiger partial charge in [-0.25, -0.2) is 9.97 Å². The van der Waals surface area contributed by atoms with Crippen LogP contribution < -0.4 is 0 Å². The van der Waals surface area contributed by atoms with E-state index in [0.29, 0.717) is 0 Å². The van der Waals surface area contributed by atoms with E-state index in [1.54, 1.807) is 146 Å². The van der Waals surface area contributed by atoms with Crippen molar-refractivity contribution in [3.8, 4) is 44.5 Å². The second-order valence-corrected chi connectivity index (χ2v) is 33.3. The molecule has 9 heterocycles. The van der Waals surface area contributed by atoms with Gasteiger partial charge >= 0.3 is 95.5 Å². The summed E-state index contributed by atoms with van der Waals surface area (Å²) in [6.45, 7) is 14.8. The quantitative estimate of drug-likeness (QED) is 0.0340. The van der Waals surface area contributed by atoms with Crippen molar-refractivity contribution < 1.29 is 171 Å². The van der Waals surface area contributed by atoms with Crippen molar-refractivity contribution in [3.63, 3.8) is 0 Å². The van der Waals surface area contributed by atoms with E-state index in [0.717, 1.165) is 111 Å². The van der Waals surface area contributed by atoms with E-state index in [-0.39, 0.29) is 112 Å². The number of rotatable bonds is 28. The lowest BCUT2D eigenvalue weighted by Gasteiger charge is -2.45. The maximum Gasteiger partial charge on any atom is 0.303 e. The molecule has 6 aliphatic heterocycles. The Bertz CT molecular complexity index is 5550. The Kier molecular flexibility index (Phi) is 32.5. The van der Waals surface area contributed by atoms with Gasteiger partial charge in [0.1, 0.15) is 75.3 Å². The van der Waals surface area contributed by atoms with Crippen molar-refractivity contribution in [2.75, 3.05) is 26.4 Å². The third-order valence-corrected chi connectivity index (χ3v) is 22.9. The Morgan fingerprint density at radius 3 is 0.557 bits per heavy atom. The molecule has 0 aliphatic carbocycles. The van der Waals surface area contributed by atoms with Crippen LogP contribution in [-0.4, -0.2) is 240 Å². The maximum atomic E-state index is 13.8. The number of carbonyl (C=O) groups excluding carboxylic acids is 16. The number of H-pyrrole nitrogens is 2. The maximum absolute atomic E-state index is 13.8. The minimum absolute atomic E-state index is 0.0896. The summed E-state index contributed by atoms with van der Waals surface area (Å²) in [5.41, 5.74) is 3.19. The van der Waals surface area contributed by atoms with Gasteiger partial charge in [-0.1, -0.05) is 97.1 Å². The molecule has 140 heavy (non-hydrogen) atoms. The number of aromatic amines is 2. The van der Waals surface area contributed by atoms with Gasteiger partial charge in [-0.05, 0) is 93.1 Å². The smallest absolute Gasteiger partial charge is 0.303 e. The molecule has 738 valence electrons. The predicted molar refractivity (Wildman–Crippen MR) is 484 cm³/mol. The van der Waals surface area contributed by atoms with Gasteiger partial charge in [0.2, 0.25) is 0 Å². The summed E-state index contributed by atoms with van der Waals surface area (Å²) in [5.74, 6) is -14.3. The van der Waals surface area contributed by atoms with Crippen LogP contribution in [0, 0.1) is 0 Å². The first kappa shape index (κ1) is 102. The lowest BCUT2D eigenvalue weighted by molar-refractivity contribution is -0.254. The van der Waals surface area contributed by atoms with E-state index >= 15 is 0 Å². The number of carbonyl (C=O) groups is 16. The number of aromatic nitrogens is 4. The number of nitrogens with one attached hydrogen (secondary N) is 2. The van der Waals surface area contributed by atoms with Crippen molar-refractivity contribution in [1.82, 2.24) is 19.9 Å². The van der Waals surface area contributed by atoms with Crippen molar-refractivity contribution in [3.05, 3.63) is 166 Å². The molecule has 8 bridgehead atoms. The Morgan fingerprint density at radius 1 is 0.221 bits per heavy atom. The fourth-order valence-corrected chi connectivity index (χ4v) is 18.1. The van der Waals surface area contributed by atoms with E-state index in [4.69, 9.17) is 105 Å². The largest absolute Gasteiger partial charge is 0.463 e. The van der Waals surface area contributed by atoms with Gasteiger partial charge in [0.05, 0.1) is 22.8 Å². The summed E-state index contributed by atoms with van der Waals surface area (Å²) in [5, 5.41) is 0. The van der Waals surface area contributed by atoms with Gasteiger partial charge in [0.15, 0.2) is 73.2 Å². The summed E-state index contributed by atoms with van der Waals surface area (Å²) in [6.07, 6.45) is -26.0. The molecule has 0 saturated carbocycles. The molecule has 2 N–H and O–H groups in total. The molecule has 20 atom stereocenters. The molecular weight excluding hydrogens is 1830 g/mol. The van der Waals surface area contributed by atoms with Gasteiger partial charge < -0.3 is 105 Å². The lowest BCUT2D eigenvalue weighted by atomic mass is 9.86. The lowest BCUT2D eigenvalue weighted by Crippen LogP contribution is -2.59. The zero-order valence-corrected chi connectivity index (χ0v) is 78.8. The number of ether oxygens (including phenoxy) is 20. The highest BCUT2D eigenvalue weighted by Crippen LogP contribution is 2.51. The number of hydrogen-bond acceptors (Lipinski definition) is 38. The van der Waals surface area contributed by atoms with Crippen LogP contribution in [0.1, 0.15) is 180 Å². The summed E-state index contributed by atoms with van der Waals surface area (Å²) in [4.78, 5) is 233. The molecular formula is C100H102N4O36. The van der Waals surface area contributed by atoms with Gasteiger partial charge in [-0.3, -0.25) is 76.7 Å². The fourth-order valence-electron chi connectivity index (χ4n) is 18.1. The zero-order valence-electron chi connectivity index (χ0n) is 78.8. The van der Waals surface area contributed by atoms with Crippen molar-refractivity contribution in [1.29, 1.82) is 0 Å². The topological polar surface area (TPSA) is 515 Å². The molecule has 0 radical (unpaired) electrons. The minimum atomic E-state index is -1.72. The molecule has 6 aliphatic rings. The van der Waals surface area contributed by atoms with E-state index in [1.807, 2.05) is 0 Å². The van der Waals surface area contributed by atoms with Crippen molar-refractivity contribution in [2.24, 2.45) is 0 Å². The predicted octanol–water partition coefficient (Wildman–Crippen LogP) is 10.5. The van der Waals surface area contributed by atoms with Gasteiger partial charge in [0, 0.05) is 155 Å². The SMILES string of the molecule is CC(=O)OCC1OC(c2ccccc2-c2c3nc(c(-c4ccccc4C4OC(COC(C)=O)C(OC(C)=O)C(OC(C)=O)C4OC(C)=O)c4ccc([nH]4)c(-c4ccccc4C4OC(COC(C)=O)C(OC(C)=O)C(OC(C)=O)C4OC(C)=O)c4nc(c(-c5ccccc5C5OC(COC(C)=O)C(OC(C)=O)C(OC(C)=O)C5OC(C)=O)c5ccc2[nH]5)C=C4)C=C3)C(OC(C)=O)C(OC(C)=O)C1OC(C)=O. The highest BCUT2D eigenvalue weighted by Gasteiger charge is 2.58. The third-order valence-electron chi connectivity index (χ3n) is 22.9. The number of fused-ring (bicyclic) bond motifs is 8. The molecule has 20 unspecified atom stereocenters. The van der Waals surface area contributed by atoms with Crippen LogP contribution in [0.4, 0.5) is 0 Å². The number of esters is 16. The van der Waals surface area contributed by atoms with Crippen LogP contribution in [0.5, 0.6) is 0 Å². The first-order valence-electron chi connectivity index (χ1n) is 44.4. The fraction of sp³-hybridized carbons (Fsp3) is 0.400. The first-order chi connectivity index (χ1) is 66.6. The number of hydrogen-bond donors (Lipinski definition) is 2. The second-order valence-electron chi connectivity index (χ2n) is 33.3. The van der Waals surface area contributed by atoms with Gasteiger partial charge in [0.25, 0.3) is 0 Å². The van der Waals surface area contributed by atoms with Crippen molar-refractivity contribution >= 4 is 142 Å². The van der Waals surface area contributed by atoms with Gasteiger partial charge in [-0.15, -0.1) is 0 Å².